The van der Waals surface area contributed by atoms with Gasteiger partial charge in [-0.1, -0.05) is 0 Å². The van der Waals surface area contributed by atoms with Gasteiger partial charge in [0, 0.05) is 38.4 Å². The van der Waals surface area contributed by atoms with Crippen LogP contribution in [-0.4, -0.2) is 58.5 Å². The van der Waals surface area contributed by atoms with Crippen molar-refractivity contribution in [1.82, 2.24) is 4.90 Å². The van der Waals surface area contributed by atoms with Crippen LogP contribution in [0.3, 0.4) is 0 Å². The van der Waals surface area contributed by atoms with Crippen molar-refractivity contribution in [1.29, 1.82) is 0 Å². The molecule has 0 spiro atoms. The van der Waals surface area contributed by atoms with Crippen molar-refractivity contribution in [2.75, 3.05) is 58.5 Å². The second-order valence-corrected chi connectivity index (χ2v) is 6.40. The fourth-order valence-electron chi connectivity index (χ4n) is 3.17. The second-order valence-electron chi connectivity index (χ2n) is 6.40. The second kappa shape index (κ2) is 9.34. The first-order chi connectivity index (χ1) is 12.8. The number of hydrogen-bond acceptors (Lipinski definition) is 5. The minimum absolute atomic E-state index is 0.741. The number of piperazine rings is 1. The summed E-state index contributed by atoms with van der Waals surface area (Å²) in [6.45, 7) is 6.12. The molecule has 0 unspecified atom stereocenters. The highest BCUT2D eigenvalue weighted by Gasteiger charge is 2.16. The van der Waals surface area contributed by atoms with Crippen LogP contribution in [0.4, 0.5) is 5.69 Å². The molecule has 0 aliphatic carbocycles. The number of anilines is 1. The predicted molar refractivity (Wildman–Crippen MR) is 105 cm³/mol. The quantitative estimate of drug-likeness (QED) is 0.678. The van der Waals surface area contributed by atoms with Crippen LogP contribution in [0.1, 0.15) is 6.42 Å². The third-order valence-corrected chi connectivity index (χ3v) is 4.76. The van der Waals surface area contributed by atoms with Gasteiger partial charge in [-0.25, -0.2) is 0 Å². The highest BCUT2D eigenvalue weighted by atomic mass is 16.5. The van der Waals surface area contributed by atoms with Gasteiger partial charge in [0.15, 0.2) is 0 Å². The van der Waals surface area contributed by atoms with E-state index < -0.39 is 0 Å². The van der Waals surface area contributed by atoms with Crippen molar-refractivity contribution >= 4 is 5.69 Å². The van der Waals surface area contributed by atoms with Gasteiger partial charge in [-0.05, 0) is 55.0 Å². The lowest BCUT2D eigenvalue weighted by Crippen LogP contribution is -2.46. The van der Waals surface area contributed by atoms with Gasteiger partial charge in [0.1, 0.15) is 17.2 Å². The van der Waals surface area contributed by atoms with Gasteiger partial charge in [0.25, 0.3) is 0 Å². The third-order valence-electron chi connectivity index (χ3n) is 4.76. The molecule has 0 aromatic heterocycles. The van der Waals surface area contributed by atoms with Gasteiger partial charge in [-0.3, -0.25) is 4.90 Å². The number of benzene rings is 2. The summed E-state index contributed by atoms with van der Waals surface area (Å²) in [7, 11) is 3.37. The Bertz CT molecular complexity index is 650. The molecule has 0 saturated carbocycles. The Morgan fingerprint density at radius 2 is 1.27 bits per heavy atom. The largest absolute Gasteiger partial charge is 0.497 e. The number of ether oxygens (including phenoxy) is 3. The lowest BCUT2D eigenvalue weighted by molar-refractivity contribution is 0.224. The Morgan fingerprint density at radius 1 is 0.731 bits per heavy atom. The van der Waals surface area contributed by atoms with Crippen LogP contribution in [0.25, 0.3) is 0 Å². The standard InChI is InChI=1S/C21H28N2O3/c1-24-19-6-4-18(5-7-19)23-15-13-22(14-16-23)12-3-17-26-21-10-8-20(25-2)9-11-21/h4-11H,3,12-17H2,1-2H3. The van der Waals surface area contributed by atoms with E-state index in [2.05, 4.69) is 21.9 Å². The van der Waals surface area contributed by atoms with Gasteiger partial charge in [-0.15, -0.1) is 0 Å². The average Bonchev–Trinajstić information content (AvgIpc) is 2.72. The van der Waals surface area contributed by atoms with E-state index in [4.69, 9.17) is 14.2 Å². The molecule has 0 amide bonds. The summed E-state index contributed by atoms with van der Waals surface area (Å²) in [5, 5.41) is 0. The molecule has 0 bridgehead atoms. The Kier molecular flexibility index (Phi) is 6.61. The molecule has 5 nitrogen and oxygen atoms in total. The minimum atomic E-state index is 0.741. The van der Waals surface area contributed by atoms with Crippen molar-refractivity contribution in [3.63, 3.8) is 0 Å². The van der Waals surface area contributed by atoms with E-state index in [1.165, 1.54) is 5.69 Å². The lowest BCUT2D eigenvalue weighted by Gasteiger charge is -2.36. The molecule has 1 saturated heterocycles. The Balaban J connectivity index is 1.34. The first kappa shape index (κ1) is 18.4. The van der Waals surface area contributed by atoms with Crippen molar-refractivity contribution in [3.8, 4) is 17.2 Å². The number of methoxy groups -OCH3 is 2. The van der Waals surface area contributed by atoms with E-state index >= 15 is 0 Å². The molecule has 2 aromatic rings. The van der Waals surface area contributed by atoms with Gasteiger partial charge in [-0.2, -0.15) is 0 Å². The molecule has 26 heavy (non-hydrogen) atoms. The van der Waals surface area contributed by atoms with Crippen molar-refractivity contribution in [2.24, 2.45) is 0 Å². The van der Waals surface area contributed by atoms with E-state index in [-0.39, 0.29) is 0 Å². The third kappa shape index (κ3) is 5.05. The Morgan fingerprint density at radius 3 is 1.85 bits per heavy atom. The molecule has 1 aliphatic rings. The number of rotatable bonds is 8. The van der Waals surface area contributed by atoms with Crippen molar-refractivity contribution in [3.05, 3.63) is 48.5 Å². The molecule has 0 radical (unpaired) electrons. The highest BCUT2D eigenvalue weighted by molar-refractivity contribution is 5.49. The van der Waals surface area contributed by atoms with E-state index in [1.807, 2.05) is 36.4 Å². The van der Waals surface area contributed by atoms with Crippen LogP contribution in [0, 0.1) is 0 Å². The lowest BCUT2D eigenvalue weighted by atomic mass is 10.2. The first-order valence-electron chi connectivity index (χ1n) is 9.17. The molecular formula is C21H28N2O3. The fraction of sp³-hybridized carbons (Fsp3) is 0.429. The van der Waals surface area contributed by atoms with Crippen LogP contribution < -0.4 is 19.1 Å². The van der Waals surface area contributed by atoms with E-state index in [0.29, 0.717) is 0 Å². The maximum atomic E-state index is 5.80. The summed E-state index contributed by atoms with van der Waals surface area (Å²) < 4.78 is 16.2. The van der Waals surface area contributed by atoms with Crippen molar-refractivity contribution in [2.45, 2.75) is 6.42 Å². The van der Waals surface area contributed by atoms with Crippen LogP contribution in [0.2, 0.25) is 0 Å². The topological polar surface area (TPSA) is 34.2 Å². The normalized spacial score (nSPS) is 14.9. The van der Waals surface area contributed by atoms with E-state index in [0.717, 1.165) is 63.0 Å². The summed E-state index contributed by atoms with van der Waals surface area (Å²) >= 11 is 0. The van der Waals surface area contributed by atoms with E-state index in [1.54, 1.807) is 14.2 Å². The number of nitrogens with zero attached hydrogens (tertiary/aromatic N) is 2. The molecule has 1 heterocycles. The molecule has 0 N–H and O–H groups in total. The zero-order valence-electron chi connectivity index (χ0n) is 15.7. The minimum Gasteiger partial charge on any atom is -0.497 e. The maximum absolute atomic E-state index is 5.80. The first-order valence-corrected chi connectivity index (χ1v) is 9.17. The maximum Gasteiger partial charge on any atom is 0.119 e. The smallest absolute Gasteiger partial charge is 0.119 e. The SMILES string of the molecule is COc1ccc(OCCCN2CCN(c3ccc(OC)cc3)CC2)cc1. The van der Waals surface area contributed by atoms with Crippen LogP contribution in [-0.2, 0) is 0 Å². The van der Waals surface area contributed by atoms with Gasteiger partial charge >= 0.3 is 0 Å². The highest BCUT2D eigenvalue weighted by Crippen LogP contribution is 2.21. The Labute approximate surface area is 156 Å². The van der Waals surface area contributed by atoms with Crippen LogP contribution in [0.5, 0.6) is 17.2 Å². The fourth-order valence-corrected chi connectivity index (χ4v) is 3.17. The average molecular weight is 356 g/mol. The van der Waals surface area contributed by atoms with Gasteiger partial charge < -0.3 is 19.1 Å². The zero-order chi connectivity index (χ0) is 18.2. The molecule has 1 aliphatic heterocycles. The van der Waals surface area contributed by atoms with Crippen LogP contribution >= 0.6 is 0 Å². The van der Waals surface area contributed by atoms with Gasteiger partial charge in [0.2, 0.25) is 0 Å². The Hall–Kier alpha value is -2.40. The molecule has 3 rings (SSSR count). The van der Waals surface area contributed by atoms with Crippen molar-refractivity contribution < 1.29 is 14.2 Å². The van der Waals surface area contributed by atoms with E-state index in [9.17, 15) is 0 Å². The summed E-state index contributed by atoms with van der Waals surface area (Å²) in [6, 6.07) is 16.1. The zero-order valence-corrected chi connectivity index (χ0v) is 15.7. The number of hydrogen-bond donors (Lipinski definition) is 0. The molecule has 0 atom stereocenters. The summed E-state index contributed by atoms with van der Waals surface area (Å²) in [4.78, 5) is 4.95. The molecule has 1 fully saturated rings. The van der Waals surface area contributed by atoms with Crippen LogP contribution in [0.15, 0.2) is 48.5 Å². The molecule has 2 aromatic carbocycles. The molecular weight excluding hydrogens is 328 g/mol. The predicted octanol–water partition coefficient (Wildman–Crippen LogP) is 3.29. The molecule has 140 valence electrons. The summed E-state index contributed by atoms with van der Waals surface area (Å²) in [5.41, 5.74) is 1.27. The molecule has 5 heteroatoms. The van der Waals surface area contributed by atoms with Gasteiger partial charge in [0.05, 0.1) is 20.8 Å². The summed E-state index contributed by atoms with van der Waals surface area (Å²) in [6.07, 6.45) is 1.04. The monoisotopic (exact) mass is 356 g/mol. The summed E-state index contributed by atoms with van der Waals surface area (Å²) in [5.74, 6) is 2.66.